The van der Waals surface area contributed by atoms with E-state index in [2.05, 4.69) is 4.90 Å². The van der Waals surface area contributed by atoms with Crippen LogP contribution in [0.5, 0.6) is 11.5 Å². The second-order valence-corrected chi connectivity index (χ2v) is 6.97. The number of ether oxygens (including phenoxy) is 1. The SMILES string of the molecule is CCOc1cc(/C=C(/C#N)C(=O)N2CCN(c3ccccc3)CC2)cc(Cl)c1O. The molecule has 0 radical (unpaired) electrons. The number of piperazine rings is 1. The van der Waals surface area contributed by atoms with E-state index in [-0.39, 0.29) is 28.0 Å². The molecular weight excluding hydrogens is 390 g/mol. The molecule has 1 aliphatic heterocycles. The molecule has 29 heavy (non-hydrogen) atoms. The van der Waals surface area contributed by atoms with Crippen LogP contribution in [0.1, 0.15) is 12.5 Å². The number of carbonyl (C=O) groups is 1. The minimum atomic E-state index is -0.317. The number of amides is 1. The lowest BCUT2D eigenvalue weighted by Crippen LogP contribution is -2.49. The highest BCUT2D eigenvalue weighted by Gasteiger charge is 2.24. The van der Waals surface area contributed by atoms with E-state index in [1.165, 1.54) is 12.1 Å². The van der Waals surface area contributed by atoms with Crippen LogP contribution in [0.2, 0.25) is 5.02 Å². The molecule has 0 aliphatic carbocycles. The Bertz CT molecular complexity index is 946. The van der Waals surface area contributed by atoms with E-state index in [1.54, 1.807) is 17.9 Å². The van der Waals surface area contributed by atoms with Gasteiger partial charge in [-0.3, -0.25) is 4.79 Å². The van der Waals surface area contributed by atoms with Crippen molar-refractivity contribution in [2.75, 3.05) is 37.7 Å². The number of aromatic hydroxyl groups is 1. The number of halogens is 1. The lowest BCUT2D eigenvalue weighted by molar-refractivity contribution is -0.126. The zero-order chi connectivity index (χ0) is 20.8. The summed E-state index contributed by atoms with van der Waals surface area (Å²) in [6.45, 7) is 4.62. The molecular formula is C22H22ClN3O3. The molecule has 0 unspecified atom stereocenters. The highest BCUT2D eigenvalue weighted by atomic mass is 35.5. The number of benzene rings is 2. The van der Waals surface area contributed by atoms with Crippen LogP contribution >= 0.6 is 11.6 Å². The average molecular weight is 412 g/mol. The average Bonchev–Trinajstić information content (AvgIpc) is 2.76. The fourth-order valence-electron chi connectivity index (χ4n) is 3.23. The van der Waals surface area contributed by atoms with Crippen molar-refractivity contribution in [2.24, 2.45) is 0 Å². The van der Waals surface area contributed by atoms with Crippen molar-refractivity contribution in [2.45, 2.75) is 6.92 Å². The van der Waals surface area contributed by atoms with E-state index < -0.39 is 0 Å². The van der Waals surface area contributed by atoms with Crippen LogP contribution in [0.15, 0.2) is 48.0 Å². The van der Waals surface area contributed by atoms with Crippen LogP contribution in [-0.4, -0.2) is 48.7 Å². The van der Waals surface area contributed by atoms with Crippen molar-refractivity contribution in [3.05, 3.63) is 58.6 Å². The van der Waals surface area contributed by atoms with Gasteiger partial charge in [0.15, 0.2) is 11.5 Å². The zero-order valence-corrected chi connectivity index (χ0v) is 16.9. The molecule has 2 aromatic carbocycles. The standard InChI is InChI=1S/C22H22ClN3O3/c1-2-29-20-14-16(13-19(23)21(20)27)12-17(15-24)22(28)26-10-8-25(9-11-26)18-6-4-3-5-7-18/h3-7,12-14,27H,2,8-11H2,1H3/b17-12-. The molecule has 7 heteroatoms. The van der Waals surface area contributed by atoms with E-state index >= 15 is 0 Å². The van der Waals surface area contributed by atoms with Crippen LogP contribution in [0, 0.1) is 11.3 Å². The van der Waals surface area contributed by atoms with E-state index in [1.807, 2.05) is 36.4 Å². The lowest BCUT2D eigenvalue weighted by Gasteiger charge is -2.36. The first-order chi connectivity index (χ1) is 14.0. The van der Waals surface area contributed by atoms with Gasteiger partial charge in [-0.2, -0.15) is 5.26 Å². The van der Waals surface area contributed by atoms with Gasteiger partial charge in [0.25, 0.3) is 5.91 Å². The number of phenols is 1. The molecule has 1 N–H and O–H groups in total. The van der Waals surface area contributed by atoms with Crippen molar-refractivity contribution >= 4 is 29.3 Å². The van der Waals surface area contributed by atoms with Gasteiger partial charge in [0.2, 0.25) is 0 Å². The third kappa shape index (κ3) is 4.82. The third-order valence-corrected chi connectivity index (χ3v) is 4.99. The van der Waals surface area contributed by atoms with Crippen LogP contribution in [0.4, 0.5) is 5.69 Å². The van der Waals surface area contributed by atoms with Gasteiger partial charge in [0.1, 0.15) is 11.6 Å². The van der Waals surface area contributed by atoms with Gasteiger partial charge >= 0.3 is 0 Å². The van der Waals surface area contributed by atoms with Crippen molar-refractivity contribution in [3.63, 3.8) is 0 Å². The first-order valence-electron chi connectivity index (χ1n) is 9.40. The van der Waals surface area contributed by atoms with Crippen LogP contribution in [-0.2, 0) is 4.79 Å². The van der Waals surface area contributed by atoms with Crippen LogP contribution in [0.3, 0.4) is 0 Å². The summed E-state index contributed by atoms with van der Waals surface area (Å²) in [4.78, 5) is 16.7. The Labute approximate surface area is 175 Å². The molecule has 3 rings (SSSR count). The predicted octanol–water partition coefficient (Wildman–Crippen LogP) is 3.70. The Balaban J connectivity index is 1.74. The summed E-state index contributed by atoms with van der Waals surface area (Å²) >= 11 is 6.04. The highest BCUT2D eigenvalue weighted by Crippen LogP contribution is 2.36. The number of phenolic OH excluding ortho intramolecular Hbond substituents is 1. The maximum atomic E-state index is 12.8. The normalized spacial score (nSPS) is 14.4. The summed E-state index contributed by atoms with van der Waals surface area (Å²) < 4.78 is 5.36. The molecule has 1 fully saturated rings. The monoisotopic (exact) mass is 411 g/mol. The fourth-order valence-corrected chi connectivity index (χ4v) is 3.45. The molecule has 0 bridgehead atoms. The molecule has 1 heterocycles. The second-order valence-electron chi connectivity index (χ2n) is 6.57. The topological polar surface area (TPSA) is 76.8 Å². The van der Waals surface area contributed by atoms with Crippen LogP contribution in [0.25, 0.3) is 6.08 Å². The van der Waals surface area contributed by atoms with Gasteiger partial charge in [-0.15, -0.1) is 0 Å². The smallest absolute Gasteiger partial charge is 0.264 e. The molecule has 0 spiro atoms. The molecule has 1 amide bonds. The van der Waals surface area contributed by atoms with Gasteiger partial charge in [-0.05, 0) is 42.8 Å². The Hall–Kier alpha value is -3.17. The van der Waals surface area contributed by atoms with Gasteiger partial charge in [-0.1, -0.05) is 29.8 Å². The molecule has 1 aliphatic rings. The largest absolute Gasteiger partial charge is 0.503 e. The summed E-state index contributed by atoms with van der Waals surface area (Å²) in [5, 5.41) is 19.6. The summed E-state index contributed by atoms with van der Waals surface area (Å²) in [5.74, 6) is -0.262. The van der Waals surface area contributed by atoms with E-state index in [4.69, 9.17) is 16.3 Å². The summed E-state index contributed by atoms with van der Waals surface area (Å²) in [6, 6.07) is 15.1. The minimum absolute atomic E-state index is 0.0161. The maximum Gasteiger partial charge on any atom is 0.264 e. The Morgan fingerprint density at radius 2 is 1.93 bits per heavy atom. The van der Waals surface area contributed by atoms with E-state index in [0.717, 1.165) is 5.69 Å². The van der Waals surface area contributed by atoms with E-state index in [9.17, 15) is 15.2 Å². The summed E-state index contributed by atoms with van der Waals surface area (Å²) in [7, 11) is 0. The lowest BCUT2D eigenvalue weighted by atomic mass is 10.1. The molecule has 2 aromatic rings. The molecule has 0 aromatic heterocycles. The molecule has 1 saturated heterocycles. The molecule has 0 atom stereocenters. The van der Waals surface area contributed by atoms with Crippen molar-refractivity contribution in [1.29, 1.82) is 5.26 Å². The Kier molecular flexibility index (Phi) is 6.63. The number of nitrogens with zero attached hydrogens (tertiary/aromatic N) is 3. The van der Waals surface area contributed by atoms with Gasteiger partial charge < -0.3 is 19.6 Å². The number of anilines is 1. The van der Waals surface area contributed by atoms with Crippen molar-refractivity contribution < 1.29 is 14.6 Å². The number of para-hydroxylation sites is 1. The number of hydrogen-bond acceptors (Lipinski definition) is 5. The minimum Gasteiger partial charge on any atom is -0.503 e. The number of carbonyl (C=O) groups excluding carboxylic acids is 1. The van der Waals surface area contributed by atoms with Crippen molar-refractivity contribution in [1.82, 2.24) is 4.90 Å². The fraction of sp³-hybridized carbons (Fsp3) is 0.273. The predicted molar refractivity (Wildman–Crippen MR) is 113 cm³/mol. The Morgan fingerprint density at radius 3 is 2.55 bits per heavy atom. The van der Waals surface area contributed by atoms with Crippen molar-refractivity contribution in [3.8, 4) is 17.6 Å². The molecule has 150 valence electrons. The second kappa shape index (κ2) is 9.35. The highest BCUT2D eigenvalue weighted by molar-refractivity contribution is 6.32. The maximum absolute atomic E-state index is 12.8. The van der Waals surface area contributed by atoms with Gasteiger partial charge in [0, 0.05) is 31.9 Å². The van der Waals surface area contributed by atoms with Gasteiger partial charge in [0.05, 0.1) is 11.6 Å². The zero-order valence-electron chi connectivity index (χ0n) is 16.1. The van der Waals surface area contributed by atoms with Gasteiger partial charge in [-0.25, -0.2) is 0 Å². The summed E-state index contributed by atoms with van der Waals surface area (Å²) in [5.41, 5.74) is 1.66. The van der Waals surface area contributed by atoms with E-state index in [0.29, 0.717) is 38.3 Å². The third-order valence-electron chi connectivity index (χ3n) is 4.70. The molecule has 0 saturated carbocycles. The number of hydrogen-bond donors (Lipinski definition) is 1. The van der Waals surface area contributed by atoms with Crippen LogP contribution < -0.4 is 9.64 Å². The quantitative estimate of drug-likeness (QED) is 0.599. The first-order valence-corrected chi connectivity index (χ1v) is 9.77. The first kappa shape index (κ1) is 20.6. The molecule has 6 nitrogen and oxygen atoms in total. The Morgan fingerprint density at radius 1 is 1.24 bits per heavy atom. The number of nitriles is 1. The number of rotatable bonds is 5. The summed E-state index contributed by atoms with van der Waals surface area (Å²) in [6.07, 6.45) is 1.47.